The first-order valence-electron chi connectivity index (χ1n) is 8.69. The number of hydrogen-bond donors (Lipinski definition) is 0. The molecule has 0 saturated carbocycles. The van der Waals surface area contributed by atoms with Crippen molar-refractivity contribution in [2.24, 2.45) is 0 Å². The number of hydrogen-bond acceptors (Lipinski definition) is 7. The van der Waals surface area contributed by atoms with Gasteiger partial charge < -0.3 is 18.9 Å². The average molecular weight is 382 g/mol. The van der Waals surface area contributed by atoms with Crippen LogP contribution in [0.15, 0.2) is 30.3 Å². The summed E-state index contributed by atoms with van der Waals surface area (Å²) in [4.78, 5) is 23.2. The lowest BCUT2D eigenvalue weighted by Crippen LogP contribution is -2.59. The number of rotatable bonds is 7. The molecule has 1 heterocycles. The maximum Gasteiger partial charge on any atom is 0.303 e. The lowest BCUT2D eigenvalue weighted by molar-refractivity contribution is -0.232. The third-order valence-corrected chi connectivity index (χ3v) is 4.99. The van der Waals surface area contributed by atoms with Crippen LogP contribution in [0, 0.1) is 0 Å². The number of ether oxygens (including phenoxy) is 4. The van der Waals surface area contributed by atoms with E-state index in [1.165, 1.54) is 13.8 Å². The molecule has 26 heavy (non-hydrogen) atoms. The number of carbonyl (C=O) groups excluding carboxylic acids is 2. The molecule has 0 aromatic heterocycles. The van der Waals surface area contributed by atoms with Crippen LogP contribution in [0.3, 0.4) is 0 Å². The SMILES string of the molecule is CCSC1OC(C)C(OC(C)=O)C(OC(C)=O)C1OCc1ccccc1. The Morgan fingerprint density at radius 1 is 1.04 bits per heavy atom. The molecular weight excluding hydrogens is 356 g/mol. The van der Waals surface area contributed by atoms with E-state index in [0.29, 0.717) is 6.61 Å². The lowest BCUT2D eigenvalue weighted by atomic mass is 10.00. The van der Waals surface area contributed by atoms with E-state index >= 15 is 0 Å². The van der Waals surface area contributed by atoms with Gasteiger partial charge in [-0.2, -0.15) is 0 Å². The zero-order valence-corrected chi connectivity index (χ0v) is 16.4. The molecule has 0 aliphatic carbocycles. The first kappa shape index (κ1) is 20.7. The van der Waals surface area contributed by atoms with Gasteiger partial charge in [-0.15, -0.1) is 11.8 Å². The Bertz CT molecular complexity index is 593. The highest BCUT2D eigenvalue weighted by Crippen LogP contribution is 2.34. The van der Waals surface area contributed by atoms with Crippen LogP contribution in [-0.2, 0) is 35.1 Å². The summed E-state index contributed by atoms with van der Waals surface area (Å²) in [7, 11) is 0. The van der Waals surface area contributed by atoms with Crippen LogP contribution in [-0.4, -0.2) is 47.5 Å². The minimum absolute atomic E-state index is 0.324. The van der Waals surface area contributed by atoms with E-state index < -0.39 is 36.4 Å². The molecule has 2 rings (SSSR count). The summed E-state index contributed by atoms with van der Waals surface area (Å²) in [6.07, 6.45) is -2.41. The van der Waals surface area contributed by atoms with E-state index in [0.717, 1.165) is 11.3 Å². The number of thioether (sulfide) groups is 1. The van der Waals surface area contributed by atoms with Gasteiger partial charge in [-0.25, -0.2) is 0 Å². The van der Waals surface area contributed by atoms with E-state index in [2.05, 4.69) is 0 Å². The summed E-state index contributed by atoms with van der Waals surface area (Å²) < 4.78 is 23.0. The van der Waals surface area contributed by atoms with Crippen molar-refractivity contribution in [1.29, 1.82) is 0 Å². The molecule has 1 saturated heterocycles. The topological polar surface area (TPSA) is 71.1 Å². The van der Waals surface area contributed by atoms with Crippen molar-refractivity contribution < 1.29 is 28.5 Å². The first-order valence-corrected chi connectivity index (χ1v) is 9.74. The van der Waals surface area contributed by atoms with Crippen molar-refractivity contribution in [2.45, 2.75) is 64.2 Å². The van der Waals surface area contributed by atoms with Crippen molar-refractivity contribution in [3.63, 3.8) is 0 Å². The standard InChI is InChI=1S/C19H26O6S/c1-5-26-19-18(22-11-15-9-7-6-8-10-15)17(25-14(4)21)16(12(2)23-19)24-13(3)20/h6-10,12,16-19H,5,11H2,1-4H3. The van der Waals surface area contributed by atoms with Crippen LogP contribution in [0.1, 0.15) is 33.3 Å². The van der Waals surface area contributed by atoms with Crippen molar-refractivity contribution in [1.82, 2.24) is 0 Å². The van der Waals surface area contributed by atoms with Gasteiger partial charge in [0.1, 0.15) is 11.5 Å². The van der Waals surface area contributed by atoms with Gasteiger partial charge in [0, 0.05) is 13.8 Å². The second-order valence-electron chi connectivity index (χ2n) is 6.07. The molecule has 0 bridgehead atoms. The molecule has 1 aromatic rings. The second-order valence-corrected chi connectivity index (χ2v) is 7.45. The van der Waals surface area contributed by atoms with Crippen LogP contribution in [0.5, 0.6) is 0 Å². The summed E-state index contributed by atoms with van der Waals surface area (Å²) >= 11 is 1.57. The van der Waals surface area contributed by atoms with Crippen molar-refractivity contribution in [3.8, 4) is 0 Å². The Morgan fingerprint density at radius 3 is 2.23 bits per heavy atom. The van der Waals surface area contributed by atoms with Crippen LogP contribution in [0.25, 0.3) is 0 Å². The molecular formula is C19H26O6S. The highest BCUT2D eigenvalue weighted by atomic mass is 32.2. The van der Waals surface area contributed by atoms with Crippen LogP contribution in [0.2, 0.25) is 0 Å². The van der Waals surface area contributed by atoms with Gasteiger partial charge in [-0.05, 0) is 18.2 Å². The number of carbonyl (C=O) groups is 2. The van der Waals surface area contributed by atoms with Gasteiger partial charge in [-0.1, -0.05) is 37.3 Å². The molecule has 0 amide bonds. The minimum atomic E-state index is -0.729. The van der Waals surface area contributed by atoms with Crippen LogP contribution < -0.4 is 0 Å². The summed E-state index contributed by atoms with van der Waals surface area (Å²) in [6, 6.07) is 9.71. The van der Waals surface area contributed by atoms with E-state index in [-0.39, 0.29) is 5.44 Å². The highest BCUT2D eigenvalue weighted by Gasteiger charge is 2.49. The van der Waals surface area contributed by atoms with Gasteiger partial charge in [0.05, 0.1) is 12.7 Å². The predicted molar refractivity (Wildman–Crippen MR) is 98.6 cm³/mol. The Hall–Kier alpha value is -1.57. The van der Waals surface area contributed by atoms with Crippen LogP contribution >= 0.6 is 11.8 Å². The average Bonchev–Trinajstić information content (AvgIpc) is 2.58. The second kappa shape index (κ2) is 9.94. The Balaban J connectivity index is 2.23. The van der Waals surface area contributed by atoms with E-state index in [9.17, 15) is 9.59 Å². The number of esters is 2. The zero-order valence-electron chi connectivity index (χ0n) is 15.5. The third-order valence-electron chi connectivity index (χ3n) is 3.95. The molecule has 144 valence electrons. The monoisotopic (exact) mass is 382 g/mol. The molecule has 0 spiro atoms. The Kier molecular flexibility index (Phi) is 7.93. The molecule has 1 aromatic carbocycles. The zero-order chi connectivity index (χ0) is 19.1. The fraction of sp³-hybridized carbons (Fsp3) is 0.579. The van der Waals surface area contributed by atoms with Crippen molar-refractivity contribution in [3.05, 3.63) is 35.9 Å². The van der Waals surface area contributed by atoms with Crippen molar-refractivity contribution in [2.75, 3.05) is 5.75 Å². The minimum Gasteiger partial charge on any atom is -0.456 e. The first-order chi connectivity index (χ1) is 12.4. The van der Waals surface area contributed by atoms with Gasteiger partial charge in [0.15, 0.2) is 12.2 Å². The van der Waals surface area contributed by atoms with Gasteiger partial charge >= 0.3 is 11.9 Å². The summed E-state index contributed by atoms with van der Waals surface area (Å²) in [5.74, 6) is -0.0889. The summed E-state index contributed by atoms with van der Waals surface area (Å²) in [6.45, 7) is 6.83. The molecule has 0 radical (unpaired) electrons. The molecule has 1 aliphatic heterocycles. The third kappa shape index (κ3) is 5.72. The van der Waals surface area contributed by atoms with E-state index in [1.807, 2.05) is 37.3 Å². The summed E-state index contributed by atoms with van der Waals surface area (Å²) in [5, 5.41) is 0. The summed E-state index contributed by atoms with van der Waals surface area (Å²) in [5.41, 5.74) is 0.673. The normalized spacial score (nSPS) is 28.4. The van der Waals surface area contributed by atoms with Crippen molar-refractivity contribution >= 4 is 23.7 Å². The molecule has 7 heteroatoms. The molecule has 0 N–H and O–H groups in total. The largest absolute Gasteiger partial charge is 0.456 e. The van der Waals surface area contributed by atoms with Gasteiger partial charge in [0.2, 0.25) is 0 Å². The van der Waals surface area contributed by atoms with Gasteiger partial charge in [-0.3, -0.25) is 9.59 Å². The van der Waals surface area contributed by atoms with E-state index in [1.54, 1.807) is 18.7 Å². The molecule has 5 unspecified atom stereocenters. The molecule has 5 atom stereocenters. The quantitative estimate of drug-likeness (QED) is 0.672. The smallest absolute Gasteiger partial charge is 0.303 e. The predicted octanol–water partition coefficient (Wildman–Crippen LogP) is 2.93. The maximum absolute atomic E-state index is 11.7. The Labute approximate surface area is 158 Å². The van der Waals surface area contributed by atoms with Crippen LogP contribution in [0.4, 0.5) is 0 Å². The maximum atomic E-state index is 11.7. The highest BCUT2D eigenvalue weighted by molar-refractivity contribution is 7.99. The van der Waals surface area contributed by atoms with Gasteiger partial charge in [0.25, 0.3) is 0 Å². The number of benzene rings is 1. The molecule has 1 aliphatic rings. The lowest BCUT2D eigenvalue weighted by Gasteiger charge is -2.44. The fourth-order valence-corrected chi connectivity index (χ4v) is 3.90. The Morgan fingerprint density at radius 2 is 1.65 bits per heavy atom. The fourth-order valence-electron chi connectivity index (χ4n) is 2.89. The molecule has 1 fully saturated rings. The van der Waals surface area contributed by atoms with E-state index in [4.69, 9.17) is 18.9 Å². The molecule has 6 nitrogen and oxygen atoms in total.